The Hall–Kier alpha value is -1.87. The van der Waals surface area contributed by atoms with Crippen LogP contribution in [0.3, 0.4) is 0 Å². The highest BCUT2D eigenvalue weighted by Crippen LogP contribution is 2.34. The number of nitrogens with one attached hydrogen (secondary N) is 1. The van der Waals surface area contributed by atoms with Crippen LogP contribution >= 0.6 is 22.6 Å². The molecule has 7 heteroatoms. The third-order valence-corrected chi connectivity index (χ3v) is 4.81. The second kappa shape index (κ2) is 6.94. The van der Waals surface area contributed by atoms with Crippen molar-refractivity contribution in [3.05, 3.63) is 55.6 Å². The molecule has 2 N–H and O–H groups in total. The number of nitro benzene ring substituents is 1. The van der Waals surface area contributed by atoms with Gasteiger partial charge >= 0.3 is 0 Å². The molecule has 0 amide bonds. The van der Waals surface area contributed by atoms with Gasteiger partial charge in [0.1, 0.15) is 5.69 Å². The summed E-state index contributed by atoms with van der Waals surface area (Å²) in [4.78, 5) is 12.8. The van der Waals surface area contributed by atoms with Gasteiger partial charge in [0.2, 0.25) is 0 Å². The van der Waals surface area contributed by atoms with Crippen molar-refractivity contribution in [3.8, 4) is 0 Å². The molecule has 1 unspecified atom stereocenters. The van der Waals surface area contributed by atoms with E-state index in [0.717, 1.165) is 20.5 Å². The van der Waals surface area contributed by atoms with Gasteiger partial charge in [0, 0.05) is 34.1 Å². The molecule has 6 nitrogen and oxygen atoms in total. The number of rotatable bonds is 4. The van der Waals surface area contributed by atoms with Crippen LogP contribution in [-0.4, -0.2) is 29.2 Å². The number of aryl methyl sites for hydroxylation is 1. The molecule has 1 aliphatic heterocycles. The summed E-state index contributed by atoms with van der Waals surface area (Å²) in [6, 6.07) is 11.1. The molecule has 2 aromatic rings. The van der Waals surface area contributed by atoms with E-state index in [1.165, 1.54) is 6.07 Å². The Morgan fingerprint density at radius 2 is 2.12 bits per heavy atom. The zero-order chi connectivity index (χ0) is 17.3. The fourth-order valence-corrected chi connectivity index (χ4v) is 3.54. The topological polar surface area (TPSA) is 78.6 Å². The van der Waals surface area contributed by atoms with Crippen LogP contribution in [0, 0.1) is 20.6 Å². The van der Waals surface area contributed by atoms with Gasteiger partial charge < -0.3 is 15.3 Å². The Kier molecular flexibility index (Phi) is 4.91. The van der Waals surface area contributed by atoms with E-state index in [4.69, 9.17) is 0 Å². The predicted octanol–water partition coefficient (Wildman–Crippen LogP) is 3.82. The van der Waals surface area contributed by atoms with Gasteiger partial charge in [-0.25, -0.2) is 0 Å². The number of nitro groups is 1. The van der Waals surface area contributed by atoms with E-state index in [2.05, 4.69) is 34.0 Å². The molecule has 1 fully saturated rings. The van der Waals surface area contributed by atoms with E-state index in [-0.39, 0.29) is 10.6 Å². The number of halogens is 1. The minimum atomic E-state index is -0.431. The lowest BCUT2D eigenvalue weighted by atomic mass is 10.1. The van der Waals surface area contributed by atoms with E-state index < -0.39 is 6.10 Å². The van der Waals surface area contributed by atoms with Crippen LogP contribution in [0.1, 0.15) is 12.0 Å². The Balaban J connectivity index is 1.93. The minimum Gasteiger partial charge on any atom is -0.391 e. The van der Waals surface area contributed by atoms with Crippen LogP contribution in [0.5, 0.6) is 0 Å². The van der Waals surface area contributed by atoms with Crippen molar-refractivity contribution in [2.45, 2.75) is 19.4 Å². The lowest BCUT2D eigenvalue weighted by molar-refractivity contribution is -0.384. The lowest BCUT2D eigenvalue weighted by Crippen LogP contribution is -2.22. The molecule has 126 valence electrons. The van der Waals surface area contributed by atoms with E-state index >= 15 is 0 Å². The summed E-state index contributed by atoms with van der Waals surface area (Å²) in [5, 5.41) is 24.4. The molecule has 24 heavy (non-hydrogen) atoms. The number of β-amino-alcohol motifs (C(OH)–C–C–N with tert-alkyl or cyclic N) is 1. The second-order valence-corrected chi connectivity index (χ2v) is 7.18. The van der Waals surface area contributed by atoms with Crippen molar-refractivity contribution >= 4 is 45.3 Å². The summed E-state index contributed by atoms with van der Waals surface area (Å²) < 4.78 is 1.16. The van der Waals surface area contributed by atoms with Crippen LogP contribution in [0.4, 0.5) is 22.7 Å². The Bertz CT molecular complexity index is 782. The number of anilines is 3. The van der Waals surface area contributed by atoms with Gasteiger partial charge in [-0.3, -0.25) is 10.1 Å². The molecule has 1 heterocycles. The van der Waals surface area contributed by atoms with Crippen molar-refractivity contribution < 1.29 is 10.0 Å². The molecule has 1 saturated heterocycles. The fourth-order valence-electron chi connectivity index (χ4n) is 2.89. The number of aliphatic hydroxyl groups excluding tert-OH is 1. The maximum Gasteiger partial charge on any atom is 0.292 e. The summed E-state index contributed by atoms with van der Waals surface area (Å²) >= 11 is 2.26. The molecule has 2 aromatic carbocycles. The van der Waals surface area contributed by atoms with E-state index in [0.29, 0.717) is 25.2 Å². The second-order valence-electron chi connectivity index (χ2n) is 5.93. The first-order chi connectivity index (χ1) is 11.4. The Morgan fingerprint density at radius 3 is 2.75 bits per heavy atom. The van der Waals surface area contributed by atoms with Gasteiger partial charge in [-0.05, 0) is 71.8 Å². The molecular weight excluding hydrogens is 421 g/mol. The van der Waals surface area contributed by atoms with Crippen LogP contribution < -0.4 is 10.2 Å². The number of hydrogen-bond donors (Lipinski definition) is 2. The van der Waals surface area contributed by atoms with Crippen molar-refractivity contribution in [1.82, 2.24) is 0 Å². The van der Waals surface area contributed by atoms with Crippen LogP contribution in [-0.2, 0) is 0 Å². The monoisotopic (exact) mass is 439 g/mol. The van der Waals surface area contributed by atoms with E-state index in [9.17, 15) is 15.2 Å². The first-order valence-corrected chi connectivity index (χ1v) is 8.76. The average molecular weight is 439 g/mol. The first kappa shape index (κ1) is 17.0. The third kappa shape index (κ3) is 3.62. The minimum absolute atomic E-state index is 0.0639. The molecule has 0 aromatic heterocycles. The van der Waals surface area contributed by atoms with Gasteiger partial charge in [-0.1, -0.05) is 0 Å². The number of nitrogens with zero attached hydrogens (tertiary/aromatic N) is 2. The van der Waals surface area contributed by atoms with Gasteiger partial charge in [-0.2, -0.15) is 0 Å². The summed E-state index contributed by atoms with van der Waals surface area (Å²) in [7, 11) is 0. The zero-order valence-electron chi connectivity index (χ0n) is 13.2. The molecular formula is C17H18IN3O3. The fraction of sp³-hybridized carbons (Fsp3) is 0.294. The van der Waals surface area contributed by atoms with Gasteiger partial charge in [0.25, 0.3) is 5.69 Å². The molecule has 0 saturated carbocycles. The summed E-state index contributed by atoms with van der Waals surface area (Å²) in [5.41, 5.74) is 3.48. The maximum atomic E-state index is 11.3. The predicted molar refractivity (Wildman–Crippen MR) is 103 cm³/mol. The molecule has 1 atom stereocenters. The van der Waals surface area contributed by atoms with Crippen molar-refractivity contribution in [2.75, 3.05) is 23.3 Å². The number of aliphatic hydroxyl groups is 1. The lowest BCUT2D eigenvalue weighted by Gasteiger charge is -2.19. The van der Waals surface area contributed by atoms with Crippen molar-refractivity contribution in [2.24, 2.45) is 0 Å². The highest BCUT2D eigenvalue weighted by molar-refractivity contribution is 14.1. The Morgan fingerprint density at radius 1 is 1.33 bits per heavy atom. The highest BCUT2D eigenvalue weighted by Gasteiger charge is 2.26. The van der Waals surface area contributed by atoms with Crippen LogP contribution in [0.15, 0.2) is 36.4 Å². The van der Waals surface area contributed by atoms with Crippen molar-refractivity contribution in [1.29, 1.82) is 0 Å². The van der Waals surface area contributed by atoms with Crippen LogP contribution in [0.25, 0.3) is 0 Å². The van der Waals surface area contributed by atoms with Gasteiger partial charge in [0.05, 0.1) is 11.0 Å². The molecule has 0 bridgehead atoms. The third-order valence-electron chi connectivity index (χ3n) is 4.14. The Labute approximate surface area is 153 Å². The normalized spacial score (nSPS) is 17.1. The molecule has 0 radical (unpaired) electrons. The number of benzene rings is 2. The highest BCUT2D eigenvalue weighted by atomic mass is 127. The number of hydrogen-bond acceptors (Lipinski definition) is 5. The van der Waals surface area contributed by atoms with E-state index in [1.54, 1.807) is 12.1 Å². The average Bonchev–Trinajstić information content (AvgIpc) is 2.96. The van der Waals surface area contributed by atoms with Crippen LogP contribution in [0.2, 0.25) is 0 Å². The summed E-state index contributed by atoms with van der Waals surface area (Å²) in [6.07, 6.45) is 0.199. The first-order valence-electron chi connectivity index (χ1n) is 7.68. The van der Waals surface area contributed by atoms with Gasteiger partial charge in [-0.15, -0.1) is 0 Å². The zero-order valence-corrected chi connectivity index (χ0v) is 15.4. The SMILES string of the molecule is Cc1cc(I)ccc1Nc1ccc([N+](=O)[O-])c(N2CCC(O)C2)c1. The summed E-state index contributed by atoms with van der Waals surface area (Å²) in [6.45, 7) is 3.06. The quantitative estimate of drug-likeness (QED) is 0.430. The largest absolute Gasteiger partial charge is 0.391 e. The van der Waals surface area contributed by atoms with E-state index in [1.807, 2.05) is 24.0 Å². The molecule has 1 aliphatic rings. The standard InChI is InChI=1S/C17H18IN3O3/c1-11-8-12(18)2-4-15(11)19-13-3-5-16(21(23)24)17(9-13)20-7-6-14(22)10-20/h2-5,8-9,14,19,22H,6-7,10H2,1H3. The smallest absolute Gasteiger partial charge is 0.292 e. The maximum absolute atomic E-state index is 11.3. The molecule has 0 spiro atoms. The molecule has 0 aliphatic carbocycles. The molecule has 3 rings (SSSR count). The summed E-state index contributed by atoms with van der Waals surface area (Å²) in [5.74, 6) is 0. The van der Waals surface area contributed by atoms with Crippen molar-refractivity contribution in [3.63, 3.8) is 0 Å². The van der Waals surface area contributed by atoms with Gasteiger partial charge in [0.15, 0.2) is 0 Å².